The molecule has 0 aliphatic carbocycles. The maximum absolute atomic E-state index is 12.1. The Kier molecular flexibility index (Phi) is 5.82. The van der Waals surface area contributed by atoms with Crippen molar-refractivity contribution in [3.63, 3.8) is 0 Å². The van der Waals surface area contributed by atoms with Crippen molar-refractivity contribution in [3.8, 4) is 0 Å². The number of thiophene rings is 1. The topological polar surface area (TPSA) is 69.6 Å². The highest BCUT2D eigenvalue weighted by atomic mass is 32.1. The largest absolute Gasteiger partial charge is 0.481 e. The second-order valence-electron chi connectivity index (χ2n) is 4.51. The van der Waals surface area contributed by atoms with Gasteiger partial charge in [-0.3, -0.25) is 4.79 Å². The summed E-state index contributed by atoms with van der Waals surface area (Å²) in [6.45, 7) is 6.05. The lowest BCUT2D eigenvalue weighted by Gasteiger charge is -2.25. The fraction of sp³-hybridized carbons (Fsp3) is 0.538. The molecular weight excluding hydrogens is 264 g/mol. The van der Waals surface area contributed by atoms with Crippen LogP contribution in [0.25, 0.3) is 0 Å². The molecular formula is C13H20N2O3S. The van der Waals surface area contributed by atoms with E-state index in [0.717, 1.165) is 5.56 Å². The van der Waals surface area contributed by atoms with Crippen LogP contribution in [0.4, 0.5) is 4.79 Å². The summed E-state index contributed by atoms with van der Waals surface area (Å²) < 4.78 is 0. The minimum Gasteiger partial charge on any atom is -0.481 e. The number of carboxylic acids is 1. The van der Waals surface area contributed by atoms with Crippen molar-refractivity contribution >= 4 is 23.3 Å². The van der Waals surface area contributed by atoms with Gasteiger partial charge in [0.25, 0.3) is 0 Å². The number of rotatable bonds is 6. The molecule has 5 nitrogen and oxygen atoms in total. The lowest BCUT2D eigenvalue weighted by Crippen LogP contribution is -2.43. The predicted molar refractivity (Wildman–Crippen MR) is 75.3 cm³/mol. The van der Waals surface area contributed by atoms with E-state index in [0.29, 0.717) is 6.54 Å². The van der Waals surface area contributed by atoms with E-state index in [2.05, 4.69) is 5.32 Å². The summed E-state index contributed by atoms with van der Waals surface area (Å²) in [5.74, 6) is -1.46. The van der Waals surface area contributed by atoms with Gasteiger partial charge in [-0.25, -0.2) is 4.79 Å². The second-order valence-corrected chi connectivity index (χ2v) is 5.29. The fourth-order valence-corrected chi connectivity index (χ4v) is 2.40. The number of carbonyl (C=O) groups excluding carboxylic acids is 1. The number of amides is 2. The SMILES string of the molecule is CCN(CC(C)C(=O)O)C(=O)NC(C)c1ccsc1. The molecule has 0 spiro atoms. The van der Waals surface area contributed by atoms with Crippen LogP contribution in [0.3, 0.4) is 0 Å². The summed E-state index contributed by atoms with van der Waals surface area (Å²) in [7, 11) is 0. The number of carbonyl (C=O) groups is 2. The lowest BCUT2D eigenvalue weighted by atomic mass is 10.1. The Morgan fingerprint density at radius 3 is 2.63 bits per heavy atom. The van der Waals surface area contributed by atoms with Crippen molar-refractivity contribution in [2.45, 2.75) is 26.8 Å². The average molecular weight is 284 g/mol. The Balaban J connectivity index is 2.56. The molecule has 1 rings (SSSR count). The van der Waals surface area contributed by atoms with Gasteiger partial charge in [-0.1, -0.05) is 6.92 Å². The van der Waals surface area contributed by atoms with Gasteiger partial charge >= 0.3 is 12.0 Å². The highest BCUT2D eigenvalue weighted by Crippen LogP contribution is 2.16. The van der Waals surface area contributed by atoms with Crippen LogP contribution in [0, 0.1) is 5.92 Å². The van der Waals surface area contributed by atoms with Crippen molar-refractivity contribution in [3.05, 3.63) is 22.4 Å². The molecule has 106 valence electrons. The number of hydrogen-bond donors (Lipinski definition) is 2. The molecule has 1 aromatic rings. The molecule has 0 bridgehead atoms. The number of carboxylic acid groups (broad SMARTS) is 1. The smallest absolute Gasteiger partial charge is 0.317 e. The van der Waals surface area contributed by atoms with Gasteiger partial charge in [0.1, 0.15) is 0 Å². The summed E-state index contributed by atoms with van der Waals surface area (Å²) in [5.41, 5.74) is 1.06. The number of hydrogen-bond acceptors (Lipinski definition) is 3. The monoisotopic (exact) mass is 284 g/mol. The van der Waals surface area contributed by atoms with Gasteiger partial charge in [-0.2, -0.15) is 11.3 Å². The van der Waals surface area contributed by atoms with Crippen LogP contribution in [-0.4, -0.2) is 35.1 Å². The first kappa shape index (κ1) is 15.5. The molecule has 0 fully saturated rings. The molecule has 0 aliphatic heterocycles. The van der Waals surface area contributed by atoms with E-state index >= 15 is 0 Å². The van der Waals surface area contributed by atoms with Gasteiger partial charge in [-0.15, -0.1) is 0 Å². The summed E-state index contributed by atoms with van der Waals surface area (Å²) in [6, 6.07) is 1.66. The van der Waals surface area contributed by atoms with Gasteiger partial charge in [0.2, 0.25) is 0 Å². The molecule has 2 unspecified atom stereocenters. The van der Waals surface area contributed by atoms with Gasteiger partial charge < -0.3 is 15.3 Å². The summed E-state index contributed by atoms with van der Waals surface area (Å²) in [5, 5.41) is 15.7. The van der Waals surface area contributed by atoms with Crippen LogP contribution >= 0.6 is 11.3 Å². The van der Waals surface area contributed by atoms with E-state index in [1.54, 1.807) is 18.3 Å². The molecule has 19 heavy (non-hydrogen) atoms. The lowest BCUT2D eigenvalue weighted by molar-refractivity contribution is -0.141. The van der Waals surface area contributed by atoms with E-state index in [9.17, 15) is 9.59 Å². The van der Waals surface area contributed by atoms with Crippen LogP contribution in [-0.2, 0) is 4.79 Å². The molecule has 1 heterocycles. The Hall–Kier alpha value is -1.56. The Bertz CT molecular complexity index is 420. The highest BCUT2D eigenvalue weighted by Gasteiger charge is 2.20. The van der Waals surface area contributed by atoms with Gasteiger partial charge in [-0.05, 0) is 36.2 Å². The first-order valence-corrected chi connectivity index (χ1v) is 7.20. The summed E-state index contributed by atoms with van der Waals surface area (Å²) >= 11 is 1.58. The Morgan fingerprint density at radius 1 is 1.47 bits per heavy atom. The fourth-order valence-electron chi connectivity index (χ4n) is 1.65. The van der Waals surface area contributed by atoms with Crippen LogP contribution in [0.2, 0.25) is 0 Å². The molecule has 0 aliphatic rings. The number of aliphatic carboxylic acids is 1. The molecule has 0 saturated heterocycles. The van der Waals surface area contributed by atoms with Crippen molar-refractivity contribution < 1.29 is 14.7 Å². The Morgan fingerprint density at radius 2 is 2.16 bits per heavy atom. The summed E-state index contributed by atoms with van der Waals surface area (Å²) in [4.78, 5) is 24.4. The molecule has 0 aromatic carbocycles. The second kappa shape index (κ2) is 7.13. The molecule has 2 N–H and O–H groups in total. The van der Waals surface area contributed by atoms with E-state index < -0.39 is 11.9 Å². The number of nitrogens with zero attached hydrogens (tertiary/aromatic N) is 1. The van der Waals surface area contributed by atoms with Crippen LogP contribution in [0.15, 0.2) is 16.8 Å². The Labute approximate surface area is 117 Å². The molecule has 0 saturated carbocycles. The third-order valence-electron chi connectivity index (χ3n) is 2.97. The normalized spacial score (nSPS) is 13.6. The van der Waals surface area contributed by atoms with E-state index in [-0.39, 0.29) is 18.6 Å². The van der Waals surface area contributed by atoms with E-state index in [1.165, 1.54) is 4.90 Å². The molecule has 0 radical (unpaired) electrons. The quantitative estimate of drug-likeness (QED) is 0.843. The third-order valence-corrected chi connectivity index (χ3v) is 3.67. The van der Waals surface area contributed by atoms with Crippen molar-refractivity contribution in [2.24, 2.45) is 5.92 Å². The first-order valence-electron chi connectivity index (χ1n) is 6.26. The molecule has 1 aromatic heterocycles. The standard InChI is InChI=1S/C13H20N2O3S/c1-4-15(7-9(2)12(16)17)13(18)14-10(3)11-5-6-19-8-11/h5-6,8-10H,4,7H2,1-3H3,(H,14,18)(H,16,17). The molecule has 2 atom stereocenters. The van der Waals surface area contributed by atoms with Crippen molar-refractivity contribution in [2.75, 3.05) is 13.1 Å². The zero-order valence-electron chi connectivity index (χ0n) is 11.4. The average Bonchev–Trinajstić information content (AvgIpc) is 2.88. The van der Waals surface area contributed by atoms with Crippen LogP contribution in [0.5, 0.6) is 0 Å². The zero-order valence-corrected chi connectivity index (χ0v) is 12.2. The van der Waals surface area contributed by atoms with Crippen LogP contribution < -0.4 is 5.32 Å². The number of nitrogens with one attached hydrogen (secondary N) is 1. The van der Waals surface area contributed by atoms with E-state index in [1.807, 2.05) is 30.7 Å². The third kappa shape index (κ3) is 4.55. The van der Waals surface area contributed by atoms with Crippen molar-refractivity contribution in [1.82, 2.24) is 10.2 Å². The zero-order chi connectivity index (χ0) is 14.4. The maximum atomic E-state index is 12.1. The van der Waals surface area contributed by atoms with E-state index in [4.69, 9.17) is 5.11 Å². The first-order chi connectivity index (χ1) is 8.95. The predicted octanol–water partition coefficient (Wildman–Crippen LogP) is 2.56. The minimum atomic E-state index is -0.892. The number of urea groups is 1. The minimum absolute atomic E-state index is 0.0760. The molecule has 6 heteroatoms. The molecule has 2 amide bonds. The maximum Gasteiger partial charge on any atom is 0.317 e. The van der Waals surface area contributed by atoms with Gasteiger partial charge in [0.15, 0.2) is 0 Å². The van der Waals surface area contributed by atoms with Gasteiger partial charge in [0, 0.05) is 13.1 Å². The van der Waals surface area contributed by atoms with Crippen LogP contribution in [0.1, 0.15) is 32.4 Å². The van der Waals surface area contributed by atoms with Gasteiger partial charge in [0.05, 0.1) is 12.0 Å². The highest BCUT2D eigenvalue weighted by molar-refractivity contribution is 7.07. The summed E-state index contributed by atoms with van der Waals surface area (Å²) in [6.07, 6.45) is 0. The van der Waals surface area contributed by atoms with Crippen molar-refractivity contribution in [1.29, 1.82) is 0 Å².